The lowest BCUT2D eigenvalue weighted by atomic mass is 10.0. The molecule has 0 aromatic carbocycles. The Kier molecular flexibility index (Phi) is 3.74. The molecule has 1 aliphatic heterocycles. The SMILES string of the molecule is O=C(Nc1ccc(Cl)cn1)C1CCCCN1. The second-order valence-electron chi connectivity index (χ2n) is 3.85. The fraction of sp³-hybridized carbons (Fsp3) is 0.455. The van der Waals surface area contributed by atoms with E-state index in [1.54, 1.807) is 12.1 Å². The van der Waals surface area contributed by atoms with Gasteiger partial charge in [0.2, 0.25) is 5.91 Å². The number of piperidine rings is 1. The first kappa shape index (κ1) is 11.4. The highest BCUT2D eigenvalue weighted by Gasteiger charge is 2.20. The van der Waals surface area contributed by atoms with Gasteiger partial charge in [0.05, 0.1) is 11.1 Å². The van der Waals surface area contributed by atoms with E-state index in [4.69, 9.17) is 11.6 Å². The van der Waals surface area contributed by atoms with E-state index in [-0.39, 0.29) is 11.9 Å². The molecule has 1 aromatic rings. The molecule has 0 radical (unpaired) electrons. The van der Waals surface area contributed by atoms with Gasteiger partial charge in [-0.05, 0) is 31.5 Å². The Morgan fingerprint density at radius 1 is 1.50 bits per heavy atom. The zero-order valence-corrected chi connectivity index (χ0v) is 9.63. The summed E-state index contributed by atoms with van der Waals surface area (Å²) < 4.78 is 0. The van der Waals surface area contributed by atoms with Crippen LogP contribution in [0, 0.1) is 0 Å². The Labute approximate surface area is 99.4 Å². The molecule has 1 saturated heterocycles. The van der Waals surface area contributed by atoms with Gasteiger partial charge in [0.25, 0.3) is 0 Å². The molecular weight excluding hydrogens is 226 g/mol. The average molecular weight is 240 g/mol. The van der Waals surface area contributed by atoms with E-state index in [2.05, 4.69) is 15.6 Å². The van der Waals surface area contributed by atoms with Crippen LogP contribution in [-0.4, -0.2) is 23.5 Å². The van der Waals surface area contributed by atoms with E-state index in [1.165, 1.54) is 6.20 Å². The van der Waals surface area contributed by atoms with Crippen molar-refractivity contribution >= 4 is 23.3 Å². The maximum Gasteiger partial charge on any atom is 0.242 e. The van der Waals surface area contributed by atoms with Crippen molar-refractivity contribution in [1.29, 1.82) is 0 Å². The number of halogens is 1. The van der Waals surface area contributed by atoms with Crippen molar-refractivity contribution in [3.63, 3.8) is 0 Å². The summed E-state index contributed by atoms with van der Waals surface area (Å²) in [4.78, 5) is 15.8. The third-order valence-corrected chi connectivity index (χ3v) is 2.83. The van der Waals surface area contributed by atoms with E-state index in [1.807, 2.05) is 0 Å². The van der Waals surface area contributed by atoms with Crippen molar-refractivity contribution < 1.29 is 4.79 Å². The molecule has 16 heavy (non-hydrogen) atoms. The number of aromatic nitrogens is 1. The van der Waals surface area contributed by atoms with Gasteiger partial charge in [-0.25, -0.2) is 4.98 Å². The first-order valence-electron chi connectivity index (χ1n) is 5.41. The van der Waals surface area contributed by atoms with Crippen LogP contribution in [0.1, 0.15) is 19.3 Å². The van der Waals surface area contributed by atoms with E-state index < -0.39 is 0 Å². The molecule has 2 rings (SSSR count). The van der Waals surface area contributed by atoms with Crippen molar-refractivity contribution in [1.82, 2.24) is 10.3 Å². The normalized spacial score (nSPS) is 20.4. The molecular formula is C11H14ClN3O. The molecule has 5 heteroatoms. The van der Waals surface area contributed by atoms with Crippen LogP contribution in [0.25, 0.3) is 0 Å². The van der Waals surface area contributed by atoms with Crippen LogP contribution in [0.2, 0.25) is 5.02 Å². The highest BCUT2D eigenvalue weighted by Crippen LogP contribution is 2.12. The molecule has 1 amide bonds. The van der Waals surface area contributed by atoms with Crippen LogP contribution in [0.15, 0.2) is 18.3 Å². The lowest BCUT2D eigenvalue weighted by molar-refractivity contribution is -0.118. The smallest absolute Gasteiger partial charge is 0.242 e. The van der Waals surface area contributed by atoms with Crippen LogP contribution in [0.5, 0.6) is 0 Å². The zero-order valence-electron chi connectivity index (χ0n) is 8.87. The third-order valence-electron chi connectivity index (χ3n) is 2.61. The monoisotopic (exact) mass is 239 g/mol. The largest absolute Gasteiger partial charge is 0.309 e. The fourth-order valence-electron chi connectivity index (χ4n) is 1.74. The number of nitrogens with one attached hydrogen (secondary N) is 2. The molecule has 1 aliphatic rings. The topological polar surface area (TPSA) is 54.0 Å². The summed E-state index contributed by atoms with van der Waals surface area (Å²) >= 11 is 5.71. The lowest BCUT2D eigenvalue weighted by Gasteiger charge is -2.22. The Morgan fingerprint density at radius 3 is 3.00 bits per heavy atom. The molecule has 1 unspecified atom stereocenters. The van der Waals surface area contributed by atoms with Gasteiger partial charge in [-0.3, -0.25) is 4.79 Å². The van der Waals surface area contributed by atoms with Gasteiger partial charge >= 0.3 is 0 Å². The number of carbonyl (C=O) groups is 1. The summed E-state index contributed by atoms with van der Waals surface area (Å²) in [5.41, 5.74) is 0. The van der Waals surface area contributed by atoms with Gasteiger partial charge in [-0.1, -0.05) is 18.0 Å². The Hall–Kier alpha value is -1.13. The minimum absolute atomic E-state index is 0.0190. The lowest BCUT2D eigenvalue weighted by Crippen LogP contribution is -2.43. The third kappa shape index (κ3) is 2.93. The minimum atomic E-state index is -0.0915. The van der Waals surface area contributed by atoms with Crippen molar-refractivity contribution in [3.05, 3.63) is 23.4 Å². The molecule has 2 N–H and O–H groups in total. The Morgan fingerprint density at radius 2 is 2.38 bits per heavy atom. The first-order chi connectivity index (χ1) is 7.75. The van der Waals surface area contributed by atoms with Crippen LogP contribution >= 0.6 is 11.6 Å². The summed E-state index contributed by atoms with van der Waals surface area (Å²) in [5, 5.41) is 6.52. The van der Waals surface area contributed by atoms with Crippen molar-refractivity contribution in [2.45, 2.75) is 25.3 Å². The maximum absolute atomic E-state index is 11.8. The van der Waals surface area contributed by atoms with E-state index >= 15 is 0 Å². The Bertz CT molecular complexity index is 360. The second kappa shape index (κ2) is 5.27. The standard InChI is InChI=1S/C11H14ClN3O/c12-8-4-5-10(14-7-8)15-11(16)9-3-1-2-6-13-9/h4-5,7,9,13H,1-3,6H2,(H,14,15,16). The number of pyridine rings is 1. The zero-order chi connectivity index (χ0) is 11.4. The summed E-state index contributed by atoms with van der Waals surface area (Å²) in [6, 6.07) is 3.31. The molecule has 1 fully saturated rings. The summed E-state index contributed by atoms with van der Waals surface area (Å²) in [6.07, 6.45) is 4.65. The fourth-order valence-corrected chi connectivity index (χ4v) is 1.85. The summed E-state index contributed by atoms with van der Waals surface area (Å²) in [6.45, 7) is 0.909. The van der Waals surface area contributed by atoms with Crippen LogP contribution in [0.3, 0.4) is 0 Å². The predicted octanol–water partition coefficient (Wildman–Crippen LogP) is 1.82. The number of nitrogens with zero attached hydrogens (tertiary/aromatic N) is 1. The van der Waals surface area contributed by atoms with Crippen LogP contribution in [0.4, 0.5) is 5.82 Å². The summed E-state index contributed by atoms with van der Waals surface area (Å²) in [5.74, 6) is 0.524. The van der Waals surface area contributed by atoms with Gasteiger partial charge in [-0.15, -0.1) is 0 Å². The number of amides is 1. The van der Waals surface area contributed by atoms with Gasteiger partial charge < -0.3 is 10.6 Å². The number of rotatable bonds is 2. The molecule has 1 atom stereocenters. The van der Waals surface area contributed by atoms with E-state index in [0.29, 0.717) is 10.8 Å². The predicted molar refractivity (Wildman–Crippen MR) is 63.5 cm³/mol. The summed E-state index contributed by atoms with van der Waals surface area (Å²) in [7, 11) is 0. The quantitative estimate of drug-likeness (QED) is 0.828. The average Bonchev–Trinajstić information content (AvgIpc) is 2.33. The maximum atomic E-state index is 11.8. The van der Waals surface area contributed by atoms with Crippen molar-refractivity contribution in [2.24, 2.45) is 0 Å². The van der Waals surface area contributed by atoms with Gasteiger partial charge in [0, 0.05) is 6.20 Å². The molecule has 0 saturated carbocycles. The number of carbonyl (C=O) groups excluding carboxylic acids is 1. The van der Waals surface area contributed by atoms with E-state index in [9.17, 15) is 4.79 Å². The second-order valence-corrected chi connectivity index (χ2v) is 4.29. The van der Waals surface area contributed by atoms with Gasteiger partial charge in [-0.2, -0.15) is 0 Å². The Balaban J connectivity index is 1.93. The van der Waals surface area contributed by atoms with E-state index in [0.717, 1.165) is 25.8 Å². The molecule has 0 spiro atoms. The molecule has 4 nitrogen and oxygen atoms in total. The molecule has 0 bridgehead atoms. The van der Waals surface area contributed by atoms with Gasteiger partial charge in [0.1, 0.15) is 5.82 Å². The minimum Gasteiger partial charge on any atom is -0.309 e. The highest BCUT2D eigenvalue weighted by atomic mass is 35.5. The van der Waals surface area contributed by atoms with Crippen LogP contribution < -0.4 is 10.6 Å². The molecule has 2 heterocycles. The van der Waals surface area contributed by atoms with Gasteiger partial charge in [0.15, 0.2) is 0 Å². The molecule has 0 aliphatic carbocycles. The van der Waals surface area contributed by atoms with Crippen LogP contribution in [-0.2, 0) is 4.79 Å². The first-order valence-corrected chi connectivity index (χ1v) is 5.79. The van der Waals surface area contributed by atoms with Crippen molar-refractivity contribution in [3.8, 4) is 0 Å². The highest BCUT2D eigenvalue weighted by molar-refractivity contribution is 6.30. The number of anilines is 1. The number of hydrogen-bond acceptors (Lipinski definition) is 3. The molecule has 1 aromatic heterocycles. The van der Waals surface area contributed by atoms with Crippen molar-refractivity contribution in [2.75, 3.05) is 11.9 Å². The number of hydrogen-bond donors (Lipinski definition) is 2. The molecule has 86 valence electrons.